The highest BCUT2D eigenvalue weighted by molar-refractivity contribution is 9.10. The quantitative estimate of drug-likeness (QED) is 0.683. The molecule has 0 aliphatic carbocycles. The number of carbonyl (C=O) groups is 1. The smallest absolute Gasteiger partial charge is 0.165 e. The lowest BCUT2D eigenvalue weighted by Crippen LogP contribution is -2.09. The molecule has 2 nitrogen and oxygen atoms in total. The first-order valence-electron chi connectivity index (χ1n) is 3.94. The van der Waals surface area contributed by atoms with Crippen LogP contribution in [-0.2, 0) is 0 Å². The summed E-state index contributed by atoms with van der Waals surface area (Å²) in [4.78, 5) is 11.4. The second kappa shape index (κ2) is 4.87. The standard InChI is InChI=1S/C9H8BrClFNO/c10-6-2-1-5(7(14)3-4-13)8(11)9(6)12/h1-2H,3-4,13H2. The highest BCUT2D eigenvalue weighted by atomic mass is 79.9. The van der Waals surface area contributed by atoms with Crippen LogP contribution in [0.2, 0.25) is 5.02 Å². The molecule has 0 amide bonds. The maximum atomic E-state index is 13.2. The molecule has 0 heterocycles. The van der Waals surface area contributed by atoms with Crippen molar-refractivity contribution in [3.8, 4) is 0 Å². The van der Waals surface area contributed by atoms with Crippen LogP contribution in [0.4, 0.5) is 4.39 Å². The third-order valence-electron chi connectivity index (χ3n) is 1.71. The van der Waals surface area contributed by atoms with Crippen LogP contribution in [0.25, 0.3) is 0 Å². The fourth-order valence-electron chi connectivity index (χ4n) is 1.01. The zero-order chi connectivity index (χ0) is 10.7. The summed E-state index contributed by atoms with van der Waals surface area (Å²) in [6.07, 6.45) is 0.167. The molecule has 76 valence electrons. The molecule has 5 heteroatoms. The third kappa shape index (κ3) is 2.32. The molecule has 0 spiro atoms. The fraction of sp³-hybridized carbons (Fsp3) is 0.222. The van der Waals surface area contributed by atoms with Crippen LogP contribution in [0, 0.1) is 5.82 Å². The van der Waals surface area contributed by atoms with Gasteiger partial charge in [0.25, 0.3) is 0 Å². The van der Waals surface area contributed by atoms with Gasteiger partial charge in [-0.15, -0.1) is 0 Å². The molecule has 0 atom stereocenters. The van der Waals surface area contributed by atoms with Crippen LogP contribution in [0.5, 0.6) is 0 Å². The molecule has 0 radical (unpaired) electrons. The van der Waals surface area contributed by atoms with Gasteiger partial charge in [0.15, 0.2) is 11.6 Å². The van der Waals surface area contributed by atoms with E-state index in [4.69, 9.17) is 17.3 Å². The van der Waals surface area contributed by atoms with Gasteiger partial charge in [0.05, 0.1) is 9.50 Å². The molecule has 2 N–H and O–H groups in total. The molecule has 1 aromatic rings. The summed E-state index contributed by atoms with van der Waals surface area (Å²) >= 11 is 8.64. The number of nitrogens with two attached hydrogens (primary N) is 1. The summed E-state index contributed by atoms with van der Waals surface area (Å²) in [5.74, 6) is -0.863. The van der Waals surface area contributed by atoms with E-state index in [0.717, 1.165) is 0 Å². The molecule has 0 aliphatic heterocycles. The molecule has 0 saturated carbocycles. The van der Waals surface area contributed by atoms with Crippen LogP contribution in [-0.4, -0.2) is 12.3 Å². The predicted octanol–water partition coefficient (Wildman–Crippen LogP) is 2.77. The molecular formula is C9H8BrClFNO. The maximum absolute atomic E-state index is 13.2. The Balaban J connectivity index is 3.11. The molecule has 0 bridgehead atoms. The van der Waals surface area contributed by atoms with Gasteiger partial charge >= 0.3 is 0 Å². The van der Waals surface area contributed by atoms with Gasteiger partial charge in [-0.2, -0.15) is 0 Å². The Morgan fingerprint density at radius 2 is 2.21 bits per heavy atom. The average molecular weight is 281 g/mol. The van der Waals surface area contributed by atoms with E-state index in [1.165, 1.54) is 12.1 Å². The first kappa shape index (κ1) is 11.6. The molecule has 14 heavy (non-hydrogen) atoms. The third-order valence-corrected chi connectivity index (χ3v) is 2.69. The van der Waals surface area contributed by atoms with Crippen molar-refractivity contribution in [2.24, 2.45) is 5.73 Å². The summed E-state index contributed by atoms with van der Waals surface area (Å²) in [6.45, 7) is 0.229. The van der Waals surface area contributed by atoms with Crippen molar-refractivity contribution in [1.29, 1.82) is 0 Å². The van der Waals surface area contributed by atoms with Gasteiger partial charge in [0, 0.05) is 12.0 Å². The van der Waals surface area contributed by atoms with Gasteiger partial charge < -0.3 is 5.73 Å². The molecular weight excluding hydrogens is 272 g/mol. The molecule has 0 aliphatic rings. The van der Waals surface area contributed by atoms with Gasteiger partial charge in [0.1, 0.15) is 0 Å². The van der Waals surface area contributed by atoms with Crippen LogP contribution in [0.3, 0.4) is 0 Å². The van der Waals surface area contributed by atoms with Crippen LogP contribution in [0.1, 0.15) is 16.8 Å². The van der Waals surface area contributed by atoms with E-state index in [-0.39, 0.29) is 33.8 Å². The number of hydrogen-bond donors (Lipinski definition) is 1. The van der Waals surface area contributed by atoms with E-state index in [1.807, 2.05) is 0 Å². The molecule has 1 rings (SSSR count). The number of halogens is 3. The maximum Gasteiger partial charge on any atom is 0.165 e. The summed E-state index contributed by atoms with van der Waals surface area (Å²) in [7, 11) is 0. The Hall–Kier alpha value is -0.450. The van der Waals surface area contributed by atoms with E-state index in [9.17, 15) is 9.18 Å². The summed E-state index contributed by atoms with van der Waals surface area (Å²) in [5, 5.41) is -0.155. The second-order valence-electron chi connectivity index (χ2n) is 2.68. The first-order chi connectivity index (χ1) is 6.57. The number of hydrogen-bond acceptors (Lipinski definition) is 2. The van der Waals surface area contributed by atoms with Crippen LogP contribution < -0.4 is 5.73 Å². The topological polar surface area (TPSA) is 43.1 Å². The minimum atomic E-state index is -0.616. The lowest BCUT2D eigenvalue weighted by atomic mass is 10.1. The Labute approximate surface area is 94.4 Å². The molecule has 0 fully saturated rings. The summed E-state index contributed by atoms with van der Waals surface area (Å²) in [5.41, 5.74) is 5.40. The Morgan fingerprint density at radius 1 is 1.57 bits per heavy atom. The summed E-state index contributed by atoms with van der Waals surface area (Å²) in [6, 6.07) is 2.93. The Morgan fingerprint density at radius 3 is 2.79 bits per heavy atom. The lowest BCUT2D eigenvalue weighted by Gasteiger charge is -2.04. The first-order valence-corrected chi connectivity index (χ1v) is 5.11. The minimum Gasteiger partial charge on any atom is -0.330 e. The van der Waals surface area contributed by atoms with Crippen molar-refractivity contribution in [2.75, 3.05) is 6.54 Å². The van der Waals surface area contributed by atoms with Crippen LogP contribution >= 0.6 is 27.5 Å². The van der Waals surface area contributed by atoms with Gasteiger partial charge in [-0.3, -0.25) is 4.79 Å². The number of ketones is 1. The van der Waals surface area contributed by atoms with Crippen molar-refractivity contribution in [3.05, 3.63) is 33.0 Å². The molecule has 0 saturated heterocycles. The van der Waals surface area contributed by atoms with E-state index in [0.29, 0.717) is 0 Å². The number of Topliss-reactive ketones (excluding diaryl/α,β-unsaturated/α-hetero) is 1. The second-order valence-corrected chi connectivity index (χ2v) is 3.92. The SMILES string of the molecule is NCCC(=O)c1ccc(Br)c(F)c1Cl. The molecule has 0 unspecified atom stereocenters. The van der Waals surface area contributed by atoms with E-state index in [1.54, 1.807) is 0 Å². The lowest BCUT2D eigenvalue weighted by molar-refractivity contribution is 0.0985. The fourth-order valence-corrected chi connectivity index (χ4v) is 1.72. The van der Waals surface area contributed by atoms with Crippen molar-refractivity contribution in [3.63, 3.8) is 0 Å². The molecule has 0 aromatic heterocycles. The van der Waals surface area contributed by atoms with Gasteiger partial charge in [-0.25, -0.2) is 4.39 Å². The largest absolute Gasteiger partial charge is 0.330 e. The normalized spacial score (nSPS) is 10.3. The Kier molecular flexibility index (Phi) is 4.04. The zero-order valence-electron chi connectivity index (χ0n) is 7.19. The Bertz CT molecular complexity index is 370. The van der Waals surface area contributed by atoms with Gasteiger partial charge in [-0.05, 0) is 34.6 Å². The van der Waals surface area contributed by atoms with Crippen molar-refractivity contribution < 1.29 is 9.18 Å². The van der Waals surface area contributed by atoms with E-state index >= 15 is 0 Å². The van der Waals surface area contributed by atoms with Gasteiger partial charge in [-0.1, -0.05) is 11.6 Å². The average Bonchev–Trinajstić information content (AvgIpc) is 2.15. The summed E-state index contributed by atoms with van der Waals surface area (Å²) < 4.78 is 13.5. The minimum absolute atomic E-state index is 0.155. The van der Waals surface area contributed by atoms with Gasteiger partial charge in [0.2, 0.25) is 0 Å². The predicted molar refractivity (Wildman–Crippen MR) is 57.1 cm³/mol. The number of benzene rings is 1. The highest BCUT2D eigenvalue weighted by Gasteiger charge is 2.14. The van der Waals surface area contributed by atoms with E-state index in [2.05, 4.69) is 15.9 Å². The number of carbonyl (C=O) groups excluding carboxylic acids is 1. The monoisotopic (exact) mass is 279 g/mol. The zero-order valence-corrected chi connectivity index (χ0v) is 9.53. The van der Waals surface area contributed by atoms with Crippen molar-refractivity contribution in [1.82, 2.24) is 0 Å². The van der Waals surface area contributed by atoms with Crippen molar-refractivity contribution >= 4 is 33.3 Å². The molecule has 1 aromatic carbocycles. The van der Waals surface area contributed by atoms with Crippen molar-refractivity contribution in [2.45, 2.75) is 6.42 Å². The van der Waals surface area contributed by atoms with Crippen LogP contribution in [0.15, 0.2) is 16.6 Å². The highest BCUT2D eigenvalue weighted by Crippen LogP contribution is 2.27. The number of rotatable bonds is 3. The van der Waals surface area contributed by atoms with E-state index < -0.39 is 5.82 Å².